The summed E-state index contributed by atoms with van der Waals surface area (Å²) in [4.78, 5) is 35.4. The van der Waals surface area contributed by atoms with Gasteiger partial charge in [-0.15, -0.1) is 0 Å². The van der Waals surface area contributed by atoms with Crippen LogP contribution in [0, 0.1) is 0 Å². The number of carbonyl (C=O) groups excluding carboxylic acids is 2. The van der Waals surface area contributed by atoms with Crippen LogP contribution in [0.25, 0.3) is 0 Å². The molecular weight excluding hydrogens is 250 g/mol. The molecule has 0 aliphatic carbocycles. The van der Waals surface area contributed by atoms with E-state index in [9.17, 15) is 19.5 Å². The summed E-state index contributed by atoms with van der Waals surface area (Å²) in [6, 6.07) is 6.22. The number of carboxylic acid groups (broad SMARTS) is 1. The van der Waals surface area contributed by atoms with Crippen molar-refractivity contribution in [3.05, 3.63) is 35.4 Å². The molecule has 1 atom stereocenters. The third-order valence-corrected chi connectivity index (χ3v) is 3.15. The van der Waals surface area contributed by atoms with Crippen molar-refractivity contribution in [1.29, 1.82) is 0 Å². The molecule has 6 nitrogen and oxygen atoms in total. The Hall–Kier alpha value is -2.37. The van der Waals surface area contributed by atoms with Crippen molar-refractivity contribution in [2.45, 2.75) is 19.0 Å². The van der Waals surface area contributed by atoms with Gasteiger partial charge in [-0.3, -0.25) is 4.79 Å². The standard InChI is InChI=1S/C13H13NO5/c1-19-13(18)11(15)14-7-9-5-3-2-4-8(9)6-10(14)12(16)17/h2-5,10H,6-7H2,1H3,(H,16,17). The van der Waals surface area contributed by atoms with E-state index in [0.717, 1.165) is 23.1 Å². The lowest BCUT2D eigenvalue weighted by Gasteiger charge is -2.33. The second-order valence-electron chi connectivity index (χ2n) is 4.25. The average molecular weight is 263 g/mol. The normalized spacial score (nSPS) is 17.5. The van der Waals surface area contributed by atoms with Gasteiger partial charge in [0.05, 0.1) is 7.11 Å². The summed E-state index contributed by atoms with van der Waals surface area (Å²) in [5, 5.41) is 9.19. The zero-order chi connectivity index (χ0) is 14.0. The fraction of sp³-hybridized carbons (Fsp3) is 0.308. The van der Waals surface area contributed by atoms with Crippen molar-refractivity contribution in [2.75, 3.05) is 7.11 Å². The minimum Gasteiger partial charge on any atom is -0.480 e. The number of esters is 1. The van der Waals surface area contributed by atoms with Gasteiger partial charge in [0.15, 0.2) is 0 Å². The lowest BCUT2D eigenvalue weighted by atomic mass is 9.94. The largest absolute Gasteiger partial charge is 0.480 e. The van der Waals surface area contributed by atoms with Gasteiger partial charge in [-0.1, -0.05) is 24.3 Å². The molecule has 6 heteroatoms. The summed E-state index contributed by atoms with van der Waals surface area (Å²) < 4.78 is 4.36. The number of amides is 1. The molecule has 1 aromatic carbocycles. The molecule has 1 aliphatic rings. The Kier molecular flexibility index (Phi) is 3.50. The Bertz CT molecular complexity index is 540. The van der Waals surface area contributed by atoms with Gasteiger partial charge in [0, 0.05) is 13.0 Å². The van der Waals surface area contributed by atoms with Crippen molar-refractivity contribution in [2.24, 2.45) is 0 Å². The van der Waals surface area contributed by atoms with Gasteiger partial charge in [-0.2, -0.15) is 0 Å². The predicted molar refractivity (Wildman–Crippen MR) is 64.1 cm³/mol. The summed E-state index contributed by atoms with van der Waals surface area (Å²) in [6.45, 7) is 0.0983. The van der Waals surface area contributed by atoms with Crippen molar-refractivity contribution in [3.63, 3.8) is 0 Å². The maximum absolute atomic E-state index is 11.8. The van der Waals surface area contributed by atoms with Gasteiger partial charge < -0.3 is 14.7 Å². The summed E-state index contributed by atoms with van der Waals surface area (Å²) in [5.41, 5.74) is 1.72. The molecule has 1 amide bonds. The van der Waals surface area contributed by atoms with E-state index >= 15 is 0 Å². The molecule has 0 fully saturated rings. The lowest BCUT2D eigenvalue weighted by molar-refractivity contribution is -0.163. The van der Waals surface area contributed by atoms with Gasteiger partial charge in [0.2, 0.25) is 0 Å². The minimum atomic E-state index is -1.13. The average Bonchev–Trinajstić information content (AvgIpc) is 2.44. The van der Waals surface area contributed by atoms with Gasteiger partial charge in [-0.05, 0) is 11.1 Å². The zero-order valence-electron chi connectivity index (χ0n) is 10.3. The van der Waals surface area contributed by atoms with Crippen LogP contribution < -0.4 is 0 Å². The van der Waals surface area contributed by atoms with E-state index in [0.29, 0.717) is 0 Å². The molecule has 0 spiro atoms. The van der Waals surface area contributed by atoms with Crippen LogP contribution >= 0.6 is 0 Å². The second-order valence-corrected chi connectivity index (χ2v) is 4.25. The van der Waals surface area contributed by atoms with Crippen molar-refractivity contribution < 1.29 is 24.2 Å². The van der Waals surface area contributed by atoms with Gasteiger partial charge in [0.25, 0.3) is 0 Å². The number of methoxy groups -OCH3 is 1. The summed E-state index contributed by atoms with van der Waals surface area (Å²) in [5.74, 6) is -3.11. The Morgan fingerprint density at radius 1 is 1.26 bits per heavy atom. The third kappa shape index (κ3) is 2.42. The highest BCUT2D eigenvalue weighted by Crippen LogP contribution is 2.23. The predicted octanol–water partition coefficient (Wildman–Crippen LogP) is 0.197. The number of aliphatic carboxylic acids is 1. The summed E-state index contributed by atoms with van der Waals surface area (Å²) >= 11 is 0. The molecule has 1 heterocycles. The quantitative estimate of drug-likeness (QED) is 0.578. The molecule has 0 aromatic heterocycles. The van der Waals surface area contributed by atoms with E-state index in [4.69, 9.17) is 0 Å². The molecule has 1 aromatic rings. The van der Waals surface area contributed by atoms with Crippen LogP contribution in [0.15, 0.2) is 24.3 Å². The van der Waals surface area contributed by atoms with Crippen LogP contribution in [0.1, 0.15) is 11.1 Å². The molecular formula is C13H13NO5. The summed E-state index contributed by atoms with van der Waals surface area (Å²) in [6.07, 6.45) is 0.189. The number of fused-ring (bicyclic) bond motifs is 1. The molecule has 2 rings (SSSR count). The van der Waals surface area contributed by atoms with Crippen molar-refractivity contribution in [1.82, 2.24) is 4.90 Å². The van der Waals surface area contributed by atoms with Crippen LogP contribution in [0.2, 0.25) is 0 Å². The van der Waals surface area contributed by atoms with Crippen LogP contribution in [-0.4, -0.2) is 41.0 Å². The van der Waals surface area contributed by atoms with Gasteiger partial charge >= 0.3 is 17.8 Å². The topological polar surface area (TPSA) is 83.9 Å². The third-order valence-electron chi connectivity index (χ3n) is 3.15. The van der Waals surface area contributed by atoms with Crippen molar-refractivity contribution in [3.8, 4) is 0 Å². The number of carboxylic acids is 1. The monoisotopic (exact) mass is 263 g/mol. The van der Waals surface area contributed by atoms with E-state index < -0.39 is 23.9 Å². The number of hydrogen-bond donors (Lipinski definition) is 1. The number of nitrogens with zero attached hydrogens (tertiary/aromatic N) is 1. The fourth-order valence-corrected chi connectivity index (χ4v) is 2.16. The maximum atomic E-state index is 11.8. The van der Waals surface area contributed by atoms with E-state index in [1.807, 2.05) is 18.2 Å². The van der Waals surface area contributed by atoms with E-state index in [1.54, 1.807) is 6.07 Å². The van der Waals surface area contributed by atoms with Crippen LogP contribution in [0.3, 0.4) is 0 Å². The molecule has 100 valence electrons. The Balaban J connectivity index is 2.34. The van der Waals surface area contributed by atoms with E-state index in [-0.39, 0.29) is 13.0 Å². The molecule has 0 radical (unpaired) electrons. The molecule has 1 N–H and O–H groups in total. The number of benzene rings is 1. The highest BCUT2D eigenvalue weighted by atomic mass is 16.5. The molecule has 1 aliphatic heterocycles. The number of ether oxygens (including phenoxy) is 1. The first-order valence-electron chi connectivity index (χ1n) is 5.73. The zero-order valence-corrected chi connectivity index (χ0v) is 10.3. The first kappa shape index (κ1) is 13.1. The Morgan fingerprint density at radius 2 is 1.89 bits per heavy atom. The molecule has 1 unspecified atom stereocenters. The number of rotatable bonds is 1. The smallest absolute Gasteiger partial charge is 0.396 e. The molecule has 0 saturated heterocycles. The van der Waals surface area contributed by atoms with Gasteiger partial charge in [-0.25, -0.2) is 9.59 Å². The number of carbonyl (C=O) groups is 3. The summed E-state index contributed by atoms with van der Waals surface area (Å²) in [7, 11) is 1.09. The highest BCUT2D eigenvalue weighted by molar-refractivity contribution is 6.32. The molecule has 19 heavy (non-hydrogen) atoms. The fourth-order valence-electron chi connectivity index (χ4n) is 2.16. The molecule has 0 saturated carbocycles. The molecule has 0 bridgehead atoms. The van der Waals surface area contributed by atoms with Crippen LogP contribution in [0.5, 0.6) is 0 Å². The highest BCUT2D eigenvalue weighted by Gasteiger charge is 2.37. The SMILES string of the molecule is COC(=O)C(=O)N1Cc2ccccc2CC1C(=O)O. The minimum absolute atomic E-state index is 0.0983. The first-order chi connectivity index (χ1) is 9.04. The Morgan fingerprint density at radius 3 is 2.47 bits per heavy atom. The van der Waals surface area contributed by atoms with E-state index in [2.05, 4.69) is 4.74 Å². The Labute approximate surface area is 109 Å². The lowest BCUT2D eigenvalue weighted by Crippen LogP contribution is -2.51. The van der Waals surface area contributed by atoms with Crippen LogP contribution in [-0.2, 0) is 32.1 Å². The second kappa shape index (κ2) is 5.09. The van der Waals surface area contributed by atoms with Crippen molar-refractivity contribution >= 4 is 17.8 Å². The first-order valence-corrected chi connectivity index (χ1v) is 5.73. The van der Waals surface area contributed by atoms with E-state index in [1.165, 1.54) is 0 Å². The van der Waals surface area contributed by atoms with Crippen LogP contribution in [0.4, 0.5) is 0 Å². The number of hydrogen-bond acceptors (Lipinski definition) is 4. The van der Waals surface area contributed by atoms with Gasteiger partial charge in [0.1, 0.15) is 6.04 Å². The maximum Gasteiger partial charge on any atom is 0.396 e.